The predicted octanol–water partition coefficient (Wildman–Crippen LogP) is 2.30. The van der Waals surface area contributed by atoms with Crippen molar-refractivity contribution in [2.45, 2.75) is 50.7 Å². The Bertz CT molecular complexity index is 427. The highest BCUT2D eigenvalue weighted by atomic mass is 16.3. The minimum Gasteiger partial charge on any atom is -0.389 e. The van der Waals surface area contributed by atoms with Crippen molar-refractivity contribution in [1.29, 1.82) is 0 Å². The average molecular weight is 276 g/mol. The summed E-state index contributed by atoms with van der Waals surface area (Å²) in [4.78, 5) is 12.0. The van der Waals surface area contributed by atoms with Gasteiger partial charge in [-0.25, -0.2) is 0 Å². The van der Waals surface area contributed by atoms with Crippen LogP contribution in [-0.2, 0) is 4.79 Å². The van der Waals surface area contributed by atoms with E-state index < -0.39 is 5.60 Å². The third-order valence-corrected chi connectivity index (χ3v) is 3.96. The van der Waals surface area contributed by atoms with Gasteiger partial charge in [-0.1, -0.05) is 37.5 Å². The van der Waals surface area contributed by atoms with Crippen LogP contribution in [0.2, 0.25) is 0 Å². The van der Waals surface area contributed by atoms with Crippen LogP contribution in [0.5, 0.6) is 0 Å². The quantitative estimate of drug-likeness (QED) is 0.773. The first kappa shape index (κ1) is 15.0. The van der Waals surface area contributed by atoms with Crippen LogP contribution in [-0.4, -0.2) is 29.2 Å². The summed E-state index contributed by atoms with van der Waals surface area (Å²) in [5, 5.41) is 16.4. The normalized spacial score (nSPS) is 19.3. The molecule has 1 unspecified atom stereocenters. The van der Waals surface area contributed by atoms with E-state index in [4.69, 9.17) is 0 Å². The summed E-state index contributed by atoms with van der Waals surface area (Å²) in [6.45, 7) is 2.31. The Morgan fingerprint density at radius 1 is 1.25 bits per heavy atom. The standard InChI is InChI=1S/C16H24N2O2/c1-13(15(19)18-14-8-4-2-5-9-14)17-12-16(20)10-6-3-7-11-16/h2,4-5,8-9,13,17,20H,3,6-7,10-12H2,1H3,(H,18,19). The first-order valence-corrected chi connectivity index (χ1v) is 7.41. The van der Waals surface area contributed by atoms with Gasteiger partial charge in [0.05, 0.1) is 11.6 Å². The van der Waals surface area contributed by atoms with Crippen molar-refractivity contribution in [3.05, 3.63) is 30.3 Å². The van der Waals surface area contributed by atoms with Gasteiger partial charge in [-0.2, -0.15) is 0 Å². The Balaban J connectivity index is 1.79. The van der Waals surface area contributed by atoms with Crippen molar-refractivity contribution < 1.29 is 9.90 Å². The van der Waals surface area contributed by atoms with E-state index in [1.165, 1.54) is 6.42 Å². The Kier molecular flexibility index (Phi) is 5.15. The molecule has 20 heavy (non-hydrogen) atoms. The lowest BCUT2D eigenvalue weighted by atomic mass is 9.85. The first-order valence-electron chi connectivity index (χ1n) is 7.41. The maximum Gasteiger partial charge on any atom is 0.241 e. The average Bonchev–Trinajstić information content (AvgIpc) is 2.46. The molecule has 3 N–H and O–H groups in total. The number of carbonyl (C=O) groups excluding carboxylic acids is 1. The van der Waals surface area contributed by atoms with Gasteiger partial charge >= 0.3 is 0 Å². The van der Waals surface area contributed by atoms with Crippen LogP contribution in [0.25, 0.3) is 0 Å². The van der Waals surface area contributed by atoms with E-state index in [0.29, 0.717) is 6.54 Å². The van der Waals surface area contributed by atoms with Crippen molar-refractivity contribution in [2.24, 2.45) is 0 Å². The number of benzene rings is 1. The second-order valence-electron chi connectivity index (χ2n) is 5.74. The number of amides is 1. The van der Waals surface area contributed by atoms with E-state index in [0.717, 1.165) is 31.4 Å². The molecule has 0 radical (unpaired) electrons. The summed E-state index contributed by atoms with van der Waals surface area (Å²) < 4.78 is 0. The van der Waals surface area contributed by atoms with Crippen LogP contribution >= 0.6 is 0 Å². The second-order valence-corrected chi connectivity index (χ2v) is 5.74. The zero-order chi connectivity index (χ0) is 14.4. The molecule has 1 amide bonds. The first-order chi connectivity index (χ1) is 9.59. The number of nitrogens with one attached hydrogen (secondary N) is 2. The summed E-state index contributed by atoms with van der Waals surface area (Å²) in [5.74, 6) is -0.0735. The lowest BCUT2D eigenvalue weighted by Crippen LogP contribution is -2.48. The largest absolute Gasteiger partial charge is 0.389 e. The number of rotatable bonds is 5. The molecule has 1 saturated carbocycles. The van der Waals surface area contributed by atoms with Gasteiger partial charge in [-0.3, -0.25) is 4.79 Å². The van der Waals surface area contributed by atoms with Gasteiger partial charge in [0, 0.05) is 12.2 Å². The number of aliphatic hydroxyl groups is 1. The molecule has 0 aliphatic heterocycles. The number of hydrogen-bond donors (Lipinski definition) is 3. The molecule has 4 heteroatoms. The fourth-order valence-corrected chi connectivity index (χ4v) is 2.59. The molecule has 2 rings (SSSR count). The van der Waals surface area contributed by atoms with E-state index in [2.05, 4.69) is 10.6 Å². The molecule has 1 atom stereocenters. The minimum atomic E-state index is -0.639. The van der Waals surface area contributed by atoms with Crippen molar-refractivity contribution in [3.63, 3.8) is 0 Å². The fraction of sp³-hybridized carbons (Fsp3) is 0.562. The van der Waals surface area contributed by atoms with Crippen LogP contribution in [0.3, 0.4) is 0 Å². The molecule has 0 heterocycles. The Morgan fingerprint density at radius 3 is 2.55 bits per heavy atom. The summed E-state index contributed by atoms with van der Waals surface area (Å²) in [6.07, 6.45) is 5.00. The number of anilines is 1. The third-order valence-electron chi connectivity index (χ3n) is 3.96. The Labute approximate surface area is 120 Å². The maximum absolute atomic E-state index is 12.0. The smallest absolute Gasteiger partial charge is 0.241 e. The summed E-state index contributed by atoms with van der Waals surface area (Å²) in [5.41, 5.74) is 0.155. The molecule has 110 valence electrons. The van der Waals surface area contributed by atoms with E-state index >= 15 is 0 Å². The van der Waals surface area contributed by atoms with E-state index in [9.17, 15) is 9.90 Å². The van der Waals surface area contributed by atoms with Crippen LogP contribution in [0.4, 0.5) is 5.69 Å². The van der Waals surface area contributed by atoms with E-state index in [1.807, 2.05) is 37.3 Å². The van der Waals surface area contributed by atoms with Crippen LogP contribution in [0.15, 0.2) is 30.3 Å². The molecule has 1 fully saturated rings. The van der Waals surface area contributed by atoms with Gasteiger partial charge in [-0.05, 0) is 31.9 Å². The number of para-hydroxylation sites is 1. The Hall–Kier alpha value is -1.39. The van der Waals surface area contributed by atoms with Gasteiger partial charge in [0.25, 0.3) is 0 Å². The number of hydrogen-bond acceptors (Lipinski definition) is 3. The van der Waals surface area contributed by atoms with E-state index in [-0.39, 0.29) is 11.9 Å². The van der Waals surface area contributed by atoms with Crippen molar-refractivity contribution in [1.82, 2.24) is 5.32 Å². The molecular formula is C16H24N2O2. The molecule has 1 aromatic rings. The van der Waals surface area contributed by atoms with Crippen molar-refractivity contribution in [2.75, 3.05) is 11.9 Å². The van der Waals surface area contributed by atoms with E-state index in [1.54, 1.807) is 0 Å². The molecule has 1 aliphatic rings. The molecule has 1 aliphatic carbocycles. The molecule has 0 bridgehead atoms. The van der Waals surface area contributed by atoms with Crippen molar-refractivity contribution >= 4 is 11.6 Å². The predicted molar refractivity (Wildman–Crippen MR) is 80.6 cm³/mol. The highest BCUT2D eigenvalue weighted by Gasteiger charge is 2.29. The second kappa shape index (κ2) is 6.86. The zero-order valence-electron chi connectivity index (χ0n) is 12.1. The van der Waals surface area contributed by atoms with Gasteiger partial charge in [0.15, 0.2) is 0 Å². The monoisotopic (exact) mass is 276 g/mol. The maximum atomic E-state index is 12.0. The highest BCUT2D eigenvalue weighted by Crippen LogP contribution is 2.27. The zero-order valence-corrected chi connectivity index (χ0v) is 12.1. The van der Waals surface area contributed by atoms with Crippen LogP contribution in [0, 0.1) is 0 Å². The summed E-state index contributed by atoms with van der Waals surface area (Å²) in [6, 6.07) is 9.09. The SMILES string of the molecule is CC(NCC1(O)CCCCC1)C(=O)Nc1ccccc1. The topological polar surface area (TPSA) is 61.4 Å². The third kappa shape index (κ3) is 4.32. The Morgan fingerprint density at radius 2 is 1.90 bits per heavy atom. The van der Waals surface area contributed by atoms with Crippen molar-refractivity contribution in [3.8, 4) is 0 Å². The molecule has 1 aromatic carbocycles. The number of carbonyl (C=O) groups is 1. The highest BCUT2D eigenvalue weighted by molar-refractivity contribution is 5.94. The lowest BCUT2D eigenvalue weighted by molar-refractivity contribution is -0.118. The lowest BCUT2D eigenvalue weighted by Gasteiger charge is -2.33. The molecule has 0 saturated heterocycles. The minimum absolute atomic E-state index is 0.0735. The van der Waals surface area contributed by atoms with Gasteiger partial charge in [-0.15, -0.1) is 0 Å². The molecule has 0 spiro atoms. The molecule has 0 aromatic heterocycles. The molecule has 4 nitrogen and oxygen atoms in total. The van der Waals surface area contributed by atoms with Crippen LogP contribution in [0.1, 0.15) is 39.0 Å². The van der Waals surface area contributed by atoms with Gasteiger partial charge < -0.3 is 15.7 Å². The van der Waals surface area contributed by atoms with Crippen LogP contribution < -0.4 is 10.6 Å². The summed E-state index contributed by atoms with van der Waals surface area (Å²) in [7, 11) is 0. The fourth-order valence-electron chi connectivity index (χ4n) is 2.59. The van der Waals surface area contributed by atoms with Gasteiger partial charge in [0.1, 0.15) is 0 Å². The summed E-state index contributed by atoms with van der Waals surface area (Å²) >= 11 is 0. The molecular weight excluding hydrogens is 252 g/mol. The van der Waals surface area contributed by atoms with Gasteiger partial charge in [0.2, 0.25) is 5.91 Å².